The third-order valence-electron chi connectivity index (χ3n) is 8.55. The summed E-state index contributed by atoms with van der Waals surface area (Å²) in [4.78, 5) is 7.49. The van der Waals surface area contributed by atoms with Crippen LogP contribution in [0.5, 0.6) is 5.75 Å². The number of rotatable bonds is 6. The number of hydrogen-bond donors (Lipinski definition) is 1. The van der Waals surface area contributed by atoms with Crippen molar-refractivity contribution in [3.8, 4) is 39.4 Å². The third kappa shape index (κ3) is 5.26. The Hall–Kier alpha value is -3.85. The van der Waals surface area contributed by atoms with Gasteiger partial charge >= 0.3 is 0 Å². The number of aryl methyl sites for hydroxylation is 2. The number of para-hydroxylation sites is 1. The standard InChI is InChI=1S/C33H34N6O2.ClH/c1-3-21-17-30(34-31-20-38(2)37-33(21)31)22-8-9-25(27(16-22)26-6-4-5-7-32(26)40)29-11-10-28(35-36-29)23-18-39(19-23)24-12-14-41-15-13-24;/h4-11,16-17,20,23-24,40H,3,12-15,18-19H2,1-2H3;1H. The van der Waals surface area contributed by atoms with Crippen LogP contribution in [0.2, 0.25) is 0 Å². The molecule has 1 N–H and O–H groups in total. The van der Waals surface area contributed by atoms with Crippen molar-refractivity contribution in [3.05, 3.63) is 78.1 Å². The molecule has 3 aromatic heterocycles. The number of pyridine rings is 1. The van der Waals surface area contributed by atoms with Crippen LogP contribution in [0, 0.1) is 0 Å². The van der Waals surface area contributed by atoms with Crippen LogP contribution >= 0.6 is 12.4 Å². The van der Waals surface area contributed by atoms with Crippen LogP contribution in [0.4, 0.5) is 0 Å². The molecule has 0 amide bonds. The average Bonchev–Trinajstić information content (AvgIpc) is 3.37. The molecule has 0 spiro atoms. The highest BCUT2D eigenvalue weighted by Gasteiger charge is 2.35. The van der Waals surface area contributed by atoms with Gasteiger partial charge in [0.1, 0.15) is 16.8 Å². The Morgan fingerprint density at radius 3 is 2.45 bits per heavy atom. The largest absolute Gasteiger partial charge is 0.507 e. The van der Waals surface area contributed by atoms with E-state index in [1.807, 2.05) is 36.1 Å². The van der Waals surface area contributed by atoms with Gasteiger partial charge in [0, 0.05) is 62.0 Å². The Labute approximate surface area is 251 Å². The molecule has 5 heterocycles. The van der Waals surface area contributed by atoms with E-state index in [2.05, 4.69) is 63.5 Å². The Kier molecular flexibility index (Phi) is 7.94. The van der Waals surface area contributed by atoms with Crippen molar-refractivity contribution in [1.29, 1.82) is 0 Å². The molecule has 0 aliphatic carbocycles. The molecule has 5 aromatic rings. The summed E-state index contributed by atoms with van der Waals surface area (Å²) >= 11 is 0. The predicted molar refractivity (Wildman–Crippen MR) is 167 cm³/mol. The number of halogens is 1. The Balaban J connectivity index is 0.00000316. The number of phenols is 1. The molecule has 2 aromatic carbocycles. The lowest BCUT2D eigenvalue weighted by Gasteiger charge is -2.45. The van der Waals surface area contributed by atoms with Crippen LogP contribution in [-0.2, 0) is 18.2 Å². The topological polar surface area (TPSA) is 89.2 Å². The van der Waals surface area contributed by atoms with Crippen molar-refractivity contribution in [2.75, 3.05) is 26.3 Å². The molecule has 2 saturated heterocycles. The van der Waals surface area contributed by atoms with Gasteiger partial charge in [-0.2, -0.15) is 15.3 Å². The van der Waals surface area contributed by atoms with Crippen LogP contribution in [0.25, 0.3) is 44.7 Å². The highest BCUT2D eigenvalue weighted by atomic mass is 35.5. The molecule has 2 aliphatic rings. The maximum Gasteiger partial charge on any atom is 0.123 e. The highest BCUT2D eigenvalue weighted by Crippen LogP contribution is 2.39. The van der Waals surface area contributed by atoms with Crippen LogP contribution in [0.15, 0.2) is 66.9 Å². The van der Waals surface area contributed by atoms with Gasteiger partial charge in [0.2, 0.25) is 0 Å². The summed E-state index contributed by atoms with van der Waals surface area (Å²) in [6.45, 7) is 5.94. The summed E-state index contributed by atoms with van der Waals surface area (Å²) in [5.74, 6) is 0.642. The third-order valence-corrected chi connectivity index (χ3v) is 8.55. The van der Waals surface area contributed by atoms with Gasteiger partial charge in [0.15, 0.2) is 0 Å². The van der Waals surface area contributed by atoms with E-state index >= 15 is 0 Å². The summed E-state index contributed by atoms with van der Waals surface area (Å²) in [5, 5.41) is 24.8. The van der Waals surface area contributed by atoms with E-state index in [0.29, 0.717) is 12.0 Å². The van der Waals surface area contributed by atoms with Crippen molar-refractivity contribution < 1.29 is 9.84 Å². The molecule has 2 aliphatic heterocycles. The van der Waals surface area contributed by atoms with Crippen LogP contribution in [-0.4, -0.2) is 67.3 Å². The maximum atomic E-state index is 10.8. The zero-order valence-electron chi connectivity index (χ0n) is 23.9. The minimum atomic E-state index is 0. The number of benzene rings is 2. The van der Waals surface area contributed by atoms with Gasteiger partial charge in [0.05, 0.1) is 23.3 Å². The normalized spacial score (nSPS) is 16.3. The van der Waals surface area contributed by atoms with Crippen LogP contribution in [0.3, 0.4) is 0 Å². The fourth-order valence-electron chi connectivity index (χ4n) is 6.20. The van der Waals surface area contributed by atoms with Gasteiger partial charge in [0.25, 0.3) is 0 Å². The molecule has 0 bridgehead atoms. The SMILES string of the molecule is CCc1cc(-c2ccc(-c3ccc(C4CN(C5CCOCC5)C4)nn3)c(-c3ccccc3O)c2)nc2cn(C)nc12.Cl. The average molecular weight is 583 g/mol. The molecule has 216 valence electrons. The minimum absolute atomic E-state index is 0. The van der Waals surface area contributed by atoms with Crippen molar-refractivity contribution in [1.82, 2.24) is 29.9 Å². The van der Waals surface area contributed by atoms with E-state index in [9.17, 15) is 5.11 Å². The molecule has 9 heteroatoms. The lowest BCUT2D eigenvalue weighted by molar-refractivity contribution is 0.000892. The first-order valence-electron chi connectivity index (χ1n) is 14.5. The second-order valence-corrected chi connectivity index (χ2v) is 11.2. The van der Waals surface area contributed by atoms with Gasteiger partial charge in [-0.3, -0.25) is 9.58 Å². The van der Waals surface area contributed by atoms with Gasteiger partial charge in [-0.1, -0.05) is 37.3 Å². The van der Waals surface area contributed by atoms with E-state index in [-0.39, 0.29) is 18.2 Å². The van der Waals surface area contributed by atoms with Crippen LogP contribution in [0.1, 0.15) is 36.9 Å². The Bertz CT molecular complexity index is 1710. The second-order valence-electron chi connectivity index (χ2n) is 11.2. The first-order valence-corrected chi connectivity index (χ1v) is 14.5. The molecule has 0 atom stereocenters. The zero-order valence-corrected chi connectivity index (χ0v) is 24.7. The summed E-state index contributed by atoms with van der Waals surface area (Å²) in [5.41, 5.74) is 9.21. The van der Waals surface area contributed by atoms with Gasteiger partial charge in [-0.05, 0) is 60.7 Å². The lowest BCUT2D eigenvalue weighted by Crippen LogP contribution is -2.52. The van der Waals surface area contributed by atoms with Gasteiger partial charge in [-0.25, -0.2) is 4.98 Å². The smallest absolute Gasteiger partial charge is 0.123 e. The molecule has 0 saturated carbocycles. The van der Waals surface area contributed by atoms with E-state index < -0.39 is 0 Å². The maximum absolute atomic E-state index is 10.8. The van der Waals surface area contributed by atoms with Crippen LogP contribution < -0.4 is 0 Å². The fraction of sp³-hybridized carbons (Fsp3) is 0.333. The van der Waals surface area contributed by atoms with Crippen molar-refractivity contribution in [2.45, 2.75) is 38.1 Å². The van der Waals surface area contributed by atoms with E-state index in [0.717, 1.165) is 101 Å². The Morgan fingerprint density at radius 1 is 0.905 bits per heavy atom. The van der Waals surface area contributed by atoms with Gasteiger partial charge in [-0.15, -0.1) is 12.4 Å². The quantitative estimate of drug-likeness (QED) is 0.261. The van der Waals surface area contributed by atoms with Crippen molar-refractivity contribution in [2.24, 2.45) is 7.05 Å². The molecule has 0 radical (unpaired) electrons. The molecular weight excluding hydrogens is 548 g/mol. The highest BCUT2D eigenvalue weighted by molar-refractivity contribution is 5.89. The Morgan fingerprint density at radius 2 is 1.71 bits per heavy atom. The number of likely N-dealkylation sites (tertiary alicyclic amines) is 1. The molecule has 0 unspecified atom stereocenters. The van der Waals surface area contributed by atoms with E-state index in [1.54, 1.807) is 6.07 Å². The van der Waals surface area contributed by atoms with E-state index in [1.165, 1.54) is 0 Å². The van der Waals surface area contributed by atoms with Crippen molar-refractivity contribution >= 4 is 23.4 Å². The number of phenolic OH excluding ortho intramolecular Hbond substituents is 1. The second kappa shape index (κ2) is 11.8. The van der Waals surface area contributed by atoms with Crippen molar-refractivity contribution in [3.63, 3.8) is 0 Å². The lowest BCUT2D eigenvalue weighted by atomic mass is 9.91. The number of aromatic hydroxyl groups is 1. The predicted octanol–water partition coefficient (Wildman–Crippen LogP) is 6.03. The zero-order chi connectivity index (χ0) is 27.9. The minimum Gasteiger partial charge on any atom is -0.507 e. The molecule has 8 nitrogen and oxygen atoms in total. The van der Waals surface area contributed by atoms with Gasteiger partial charge < -0.3 is 9.84 Å². The molecule has 2 fully saturated rings. The molecule has 42 heavy (non-hydrogen) atoms. The number of ether oxygens (including phenoxy) is 1. The summed E-state index contributed by atoms with van der Waals surface area (Å²) in [6.07, 6.45) is 5.06. The first kappa shape index (κ1) is 28.3. The number of nitrogens with zero attached hydrogens (tertiary/aromatic N) is 6. The monoisotopic (exact) mass is 582 g/mol. The molecular formula is C33H35ClN6O2. The summed E-state index contributed by atoms with van der Waals surface area (Å²) in [7, 11) is 1.92. The number of hydrogen-bond acceptors (Lipinski definition) is 7. The summed E-state index contributed by atoms with van der Waals surface area (Å²) in [6, 6.07) is 20.6. The first-order chi connectivity index (χ1) is 20.1. The molecule has 7 rings (SSSR count). The number of aromatic nitrogens is 5. The fourth-order valence-corrected chi connectivity index (χ4v) is 6.20. The summed E-state index contributed by atoms with van der Waals surface area (Å²) < 4.78 is 7.33. The number of fused-ring (bicyclic) bond motifs is 1. The van der Waals surface area contributed by atoms with E-state index in [4.69, 9.17) is 9.72 Å².